The highest BCUT2D eigenvalue weighted by molar-refractivity contribution is 5.85. The maximum Gasteiger partial charge on any atom is 0.128 e. The van der Waals surface area contributed by atoms with Crippen molar-refractivity contribution in [3.8, 4) is 5.75 Å². The van der Waals surface area contributed by atoms with Crippen LogP contribution in [0, 0.1) is 5.92 Å². The summed E-state index contributed by atoms with van der Waals surface area (Å²) in [6.45, 7) is 3.09. The standard InChI is InChI=1S/C14H18N2O/c1-2-13-12(6-9-16-13)14(3-1)17-10-11-4-7-15-8-5-11/h1-3,6,9,11,15-16H,4-5,7-8,10H2. The number of ether oxygens (including phenoxy) is 1. The number of piperidine rings is 1. The molecule has 1 fully saturated rings. The van der Waals surface area contributed by atoms with Crippen LogP contribution in [0.15, 0.2) is 30.5 Å². The molecule has 3 rings (SSSR count). The Labute approximate surface area is 101 Å². The quantitative estimate of drug-likeness (QED) is 0.850. The molecule has 0 amide bonds. The summed E-state index contributed by atoms with van der Waals surface area (Å²) in [4.78, 5) is 3.21. The first kappa shape index (κ1) is 10.7. The predicted octanol–water partition coefficient (Wildman–Crippen LogP) is 2.55. The van der Waals surface area contributed by atoms with Gasteiger partial charge in [-0.2, -0.15) is 0 Å². The van der Waals surface area contributed by atoms with Crippen molar-refractivity contribution in [2.24, 2.45) is 5.92 Å². The number of rotatable bonds is 3. The monoisotopic (exact) mass is 230 g/mol. The molecule has 0 atom stereocenters. The number of aromatic amines is 1. The molecule has 1 saturated heterocycles. The lowest BCUT2D eigenvalue weighted by molar-refractivity contribution is 0.217. The molecule has 0 radical (unpaired) electrons. The van der Waals surface area contributed by atoms with Gasteiger partial charge in [-0.15, -0.1) is 0 Å². The number of H-pyrrole nitrogens is 1. The van der Waals surface area contributed by atoms with Gasteiger partial charge in [-0.1, -0.05) is 6.07 Å². The van der Waals surface area contributed by atoms with Crippen LogP contribution in [0.1, 0.15) is 12.8 Å². The lowest BCUT2D eigenvalue weighted by atomic mass is 9.99. The van der Waals surface area contributed by atoms with E-state index in [4.69, 9.17) is 4.74 Å². The Morgan fingerprint density at radius 3 is 2.94 bits per heavy atom. The van der Waals surface area contributed by atoms with Gasteiger partial charge in [0.2, 0.25) is 0 Å². The van der Waals surface area contributed by atoms with Crippen molar-refractivity contribution in [3.63, 3.8) is 0 Å². The molecule has 1 aliphatic rings. The van der Waals surface area contributed by atoms with Gasteiger partial charge in [-0.05, 0) is 50.0 Å². The molecule has 0 spiro atoms. The molecule has 0 saturated carbocycles. The van der Waals surface area contributed by atoms with Gasteiger partial charge in [0.15, 0.2) is 0 Å². The van der Waals surface area contributed by atoms with E-state index in [1.807, 2.05) is 12.3 Å². The summed E-state index contributed by atoms with van der Waals surface area (Å²) in [7, 11) is 0. The van der Waals surface area contributed by atoms with Gasteiger partial charge in [-0.3, -0.25) is 0 Å². The molecule has 2 N–H and O–H groups in total. The Bertz CT molecular complexity index is 486. The molecule has 17 heavy (non-hydrogen) atoms. The molecule has 0 bridgehead atoms. The van der Waals surface area contributed by atoms with E-state index in [1.54, 1.807) is 0 Å². The largest absolute Gasteiger partial charge is 0.493 e. The number of fused-ring (bicyclic) bond motifs is 1. The molecular weight excluding hydrogens is 212 g/mol. The van der Waals surface area contributed by atoms with E-state index >= 15 is 0 Å². The van der Waals surface area contributed by atoms with Gasteiger partial charge in [-0.25, -0.2) is 0 Å². The molecule has 2 heterocycles. The van der Waals surface area contributed by atoms with Crippen LogP contribution in [-0.2, 0) is 0 Å². The Hall–Kier alpha value is -1.48. The third-order valence-corrected chi connectivity index (χ3v) is 3.49. The highest BCUT2D eigenvalue weighted by Gasteiger charge is 2.14. The number of nitrogens with one attached hydrogen (secondary N) is 2. The molecule has 1 aromatic heterocycles. The second-order valence-corrected chi connectivity index (χ2v) is 4.70. The summed E-state index contributed by atoms with van der Waals surface area (Å²) in [5.74, 6) is 1.70. The lowest BCUT2D eigenvalue weighted by Crippen LogP contribution is -2.30. The van der Waals surface area contributed by atoms with E-state index in [-0.39, 0.29) is 0 Å². The second kappa shape index (κ2) is 4.80. The fraction of sp³-hybridized carbons (Fsp3) is 0.429. The topological polar surface area (TPSA) is 37.0 Å². The molecule has 2 aromatic rings. The molecule has 0 unspecified atom stereocenters. The number of aromatic nitrogens is 1. The fourth-order valence-corrected chi connectivity index (χ4v) is 2.44. The van der Waals surface area contributed by atoms with Crippen LogP contribution in [0.2, 0.25) is 0 Å². The Morgan fingerprint density at radius 1 is 1.18 bits per heavy atom. The van der Waals surface area contributed by atoms with Crippen LogP contribution in [0.3, 0.4) is 0 Å². The third kappa shape index (κ3) is 2.29. The van der Waals surface area contributed by atoms with Gasteiger partial charge in [0, 0.05) is 17.1 Å². The summed E-state index contributed by atoms with van der Waals surface area (Å²) < 4.78 is 5.97. The van der Waals surface area contributed by atoms with Crippen molar-refractivity contribution in [1.82, 2.24) is 10.3 Å². The molecule has 3 heteroatoms. The first-order valence-corrected chi connectivity index (χ1v) is 6.33. The van der Waals surface area contributed by atoms with Crippen LogP contribution in [0.25, 0.3) is 10.9 Å². The van der Waals surface area contributed by atoms with Crippen LogP contribution < -0.4 is 10.1 Å². The Balaban J connectivity index is 1.69. The van der Waals surface area contributed by atoms with Crippen molar-refractivity contribution in [1.29, 1.82) is 0 Å². The second-order valence-electron chi connectivity index (χ2n) is 4.70. The van der Waals surface area contributed by atoms with Crippen LogP contribution in [0.4, 0.5) is 0 Å². The van der Waals surface area contributed by atoms with E-state index in [1.165, 1.54) is 18.2 Å². The highest BCUT2D eigenvalue weighted by atomic mass is 16.5. The van der Waals surface area contributed by atoms with Gasteiger partial charge in [0.25, 0.3) is 0 Å². The van der Waals surface area contributed by atoms with Crippen molar-refractivity contribution in [2.45, 2.75) is 12.8 Å². The highest BCUT2D eigenvalue weighted by Crippen LogP contribution is 2.25. The van der Waals surface area contributed by atoms with Gasteiger partial charge < -0.3 is 15.0 Å². The van der Waals surface area contributed by atoms with E-state index in [9.17, 15) is 0 Å². The minimum absolute atomic E-state index is 0.699. The molecule has 1 aromatic carbocycles. The van der Waals surface area contributed by atoms with Gasteiger partial charge in [0.05, 0.1) is 6.61 Å². The summed E-state index contributed by atoms with van der Waals surface area (Å²) >= 11 is 0. The minimum atomic E-state index is 0.699. The first-order chi connectivity index (χ1) is 8.43. The summed E-state index contributed by atoms with van der Waals surface area (Å²) in [6, 6.07) is 8.24. The Morgan fingerprint density at radius 2 is 2.06 bits per heavy atom. The van der Waals surface area contributed by atoms with Gasteiger partial charge >= 0.3 is 0 Å². The Kier molecular flexibility index (Phi) is 3.01. The minimum Gasteiger partial charge on any atom is -0.493 e. The number of hydrogen-bond acceptors (Lipinski definition) is 2. The van der Waals surface area contributed by atoms with E-state index < -0.39 is 0 Å². The molecule has 1 aliphatic heterocycles. The normalized spacial score (nSPS) is 17.4. The van der Waals surface area contributed by atoms with Crippen molar-refractivity contribution >= 4 is 10.9 Å². The maximum absolute atomic E-state index is 5.97. The fourth-order valence-electron chi connectivity index (χ4n) is 2.44. The summed E-state index contributed by atoms with van der Waals surface area (Å²) in [5, 5.41) is 4.56. The van der Waals surface area contributed by atoms with Crippen molar-refractivity contribution < 1.29 is 4.74 Å². The molecule has 90 valence electrons. The smallest absolute Gasteiger partial charge is 0.128 e. The zero-order valence-electron chi connectivity index (χ0n) is 9.91. The zero-order valence-corrected chi connectivity index (χ0v) is 9.91. The summed E-state index contributed by atoms with van der Waals surface area (Å²) in [5.41, 5.74) is 1.15. The maximum atomic E-state index is 5.97. The predicted molar refractivity (Wildman–Crippen MR) is 69.4 cm³/mol. The molecule has 0 aliphatic carbocycles. The van der Waals surface area contributed by atoms with Crippen molar-refractivity contribution in [3.05, 3.63) is 30.5 Å². The van der Waals surface area contributed by atoms with E-state index in [0.29, 0.717) is 5.92 Å². The molecular formula is C14H18N2O. The lowest BCUT2D eigenvalue weighted by Gasteiger charge is -2.22. The SMILES string of the molecule is c1cc(OCC2CCNCC2)c2cc[nH]c2c1. The van der Waals surface area contributed by atoms with Crippen molar-refractivity contribution in [2.75, 3.05) is 19.7 Å². The van der Waals surface area contributed by atoms with Crippen LogP contribution >= 0.6 is 0 Å². The third-order valence-electron chi connectivity index (χ3n) is 3.49. The average Bonchev–Trinajstić information content (AvgIpc) is 2.86. The average molecular weight is 230 g/mol. The zero-order chi connectivity index (χ0) is 11.5. The van der Waals surface area contributed by atoms with E-state index in [0.717, 1.165) is 31.0 Å². The summed E-state index contributed by atoms with van der Waals surface area (Å²) in [6.07, 6.45) is 4.41. The molecule has 3 nitrogen and oxygen atoms in total. The van der Waals surface area contributed by atoms with E-state index in [2.05, 4.69) is 28.5 Å². The van der Waals surface area contributed by atoms with Gasteiger partial charge in [0.1, 0.15) is 5.75 Å². The number of hydrogen-bond donors (Lipinski definition) is 2. The number of benzene rings is 1. The van der Waals surface area contributed by atoms with Crippen LogP contribution in [-0.4, -0.2) is 24.7 Å². The van der Waals surface area contributed by atoms with Crippen LogP contribution in [0.5, 0.6) is 5.75 Å². The first-order valence-electron chi connectivity index (χ1n) is 6.33.